The lowest BCUT2D eigenvalue weighted by Crippen LogP contribution is -2.23. The summed E-state index contributed by atoms with van der Waals surface area (Å²) in [4.78, 5) is 25.6. The van der Waals surface area contributed by atoms with E-state index in [-0.39, 0.29) is 24.3 Å². The van der Waals surface area contributed by atoms with Gasteiger partial charge in [0.2, 0.25) is 5.91 Å². The number of benzene rings is 1. The lowest BCUT2D eigenvalue weighted by atomic mass is 10.2. The Hall–Kier alpha value is -3.42. The summed E-state index contributed by atoms with van der Waals surface area (Å²) in [5.74, 6) is 0.429. The van der Waals surface area contributed by atoms with Crippen LogP contribution in [0.4, 0.5) is 5.69 Å². The molecule has 0 N–H and O–H groups in total. The zero-order valence-corrected chi connectivity index (χ0v) is 13.8. The summed E-state index contributed by atoms with van der Waals surface area (Å²) in [7, 11) is 0. The van der Waals surface area contributed by atoms with Gasteiger partial charge < -0.3 is 18.5 Å². The highest BCUT2D eigenvalue weighted by molar-refractivity contribution is 5.96. The Morgan fingerprint density at radius 3 is 2.73 bits per heavy atom. The van der Waals surface area contributed by atoms with Crippen molar-refractivity contribution >= 4 is 17.6 Å². The van der Waals surface area contributed by atoms with Crippen LogP contribution in [-0.4, -0.2) is 28.6 Å². The first kappa shape index (κ1) is 16.1. The fourth-order valence-electron chi connectivity index (χ4n) is 2.72. The Kier molecular flexibility index (Phi) is 4.22. The molecule has 0 radical (unpaired) electrons. The summed E-state index contributed by atoms with van der Waals surface area (Å²) in [6, 6.07) is 10.1. The van der Waals surface area contributed by atoms with Gasteiger partial charge in [0, 0.05) is 18.7 Å². The van der Waals surface area contributed by atoms with Gasteiger partial charge in [0.25, 0.3) is 11.8 Å². The van der Waals surface area contributed by atoms with Crippen molar-refractivity contribution in [2.45, 2.75) is 19.4 Å². The van der Waals surface area contributed by atoms with Crippen LogP contribution in [0.1, 0.15) is 29.1 Å². The van der Waals surface area contributed by atoms with E-state index in [1.165, 1.54) is 6.26 Å². The molecule has 0 saturated carbocycles. The second-order valence-electron chi connectivity index (χ2n) is 5.75. The summed E-state index contributed by atoms with van der Waals surface area (Å²) < 4.78 is 15.7. The molecule has 1 fully saturated rings. The van der Waals surface area contributed by atoms with Crippen molar-refractivity contribution in [3.63, 3.8) is 0 Å². The largest absolute Gasteiger partial charge is 0.459 e. The fraction of sp³-hybridized carbons (Fsp3) is 0.222. The highest BCUT2D eigenvalue weighted by atomic mass is 16.5. The maximum atomic E-state index is 12.1. The van der Waals surface area contributed by atoms with E-state index in [4.69, 9.17) is 13.6 Å². The molecule has 0 atom stereocenters. The molecule has 132 valence electrons. The van der Waals surface area contributed by atoms with Crippen LogP contribution in [-0.2, 0) is 16.1 Å². The van der Waals surface area contributed by atoms with Gasteiger partial charge in [-0.2, -0.15) is 0 Å². The number of furan rings is 1. The van der Waals surface area contributed by atoms with Gasteiger partial charge in [-0.25, -0.2) is 4.79 Å². The lowest BCUT2D eigenvalue weighted by molar-refractivity contribution is -0.117. The van der Waals surface area contributed by atoms with Crippen LogP contribution in [0.15, 0.2) is 51.5 Å². The quantitative estimate of drug-likeness (QED) is 0.650. The first-order valence-electron chi connectivity index (χ1n) is 8.14. The number of esters is 1. The average Bonchev–Trinajstić information content (AvgIpc) is 3.41. The van der Waals surface area contributed by atoms with Gasteiger partial charge in [0.05, 0.1) is 11.8 Å². The van der Waals surface area contributed by atoms with Crippen LogP contribution in [0, 0.1) is 0 Å². The third kappa shape index (κ3) is 3.21. The number of carbonyl (C=O) groups excluding carboxylic acids is 2. The van der Waals surface area contributed by atoms with Gasteiger partial charge in [0.1, 0.15) is 0 Å². The number of amides is 1. The fourth-order valence-corrected chi connectivity index (χ4v) is 2.72. The van der Waals surface area contributed by atoms with Crippen LogP contribution in [0.2, 0.25) is 0 Å². The van der Waals surface area contributed by atoms with Gasteiger partial charge in [-0.15, -0.1) is 10.2 Å². The molecule has 0 bridgehead atoms. The van der Waals surface area contributed by atoms with Gasteiger partial charge in [-0.05, 0) is 42.8 Å². The summed E-state index contributed by atoms with van der Waals surface area (Å²) in [6.45, 7) is 0.566. The van der Waals surface area contributed by atoms with E-state index in [0.29, 0.717) is 24.3 Å². The van der Waals surface area contributed by atoms with Gasteiger partial charge in [-0.1, -0.05) is 0 Å². The predicted octanol–water partition coefficient (Wildman–Crippen LogP) is 2.81. The molecular weight excluding hydrogens is 338 g/mol. The van der Waals surface area contributed by atoms with Crippen molar-refractivity contribution in [1.29, 1.82) is 0 Å². The van der Waals surface area contributed by atoms with Crippen molar-refractivity contribution in [3.05, 3.63) is 54.1 Å². The highest BCUT2D eigenvalue weighted by Gasteiger charge is 2.22. The minimum atomic E-state index is -0.512. The second-order valence-corrected chi connectivity index (χ2v) is 5.75. The number of carbonyl (C=O) groups is 2. The van der Waals surface area contributed by atoms with E-state index < -0.39 is 5.97 Å². The molecule has 4 rings (SSSR count). The number of aromatic nitrogens is 2. The zero-order chi connectivity index (χ0) is 17.9. The summed E-state index contributed by atoms with van der Waals surface area (Å²) in [5.41, 5.74) is 1.16. The molecule has 0 aliphatic carbocycles. The van der Waals surface area contributed by atoms with Crippen molar-refractivity contribution in [2.75, 3.05) is 11.4 Å². The van der Waals surface area contributed by atoms with Crippen LogP contribution < -0.4 is 4.90 Å². The number of hydrogen-bond donors (Lipinski definition) is 0. The average molecular weight is 353 g/mol. The molecule has 3 aromatic rings. The maximum absolute atomic E-state index is 12.1. The van der Waals surface area contributed by atoms with Gasteiger partial charge >= 0.3 is 5.97 Å². The Morgan fingerprint density at radius 1 is 1.19 bits per heavy atom. The molecule has 2 aromatic heterocycles. The minimum absolute atomic E-state index is 0.101. The van der Waals surface area contributed by atoms with Crippen LogP contribution in [0.25, 0.3) is 11.7 Å². The van der Waals surface area contributed by atoms with Gasteiger partial charge in [0.15, 0.2) is 12.4 Å². The lowest BCUT2D eigenvalue weighted by Gasteiger charge is -2.15. The number of nitrogens with zero attached hydrogens (tertiary/aromatic N) is 3. The number of ether oxygens (including phenoxy) is 1. The third-order valence-electron chi connectivity index (χ3n) is 4.01. The van der Waals surface area contributed by atoms with Crippen LogP contribution in [0.3, 0.4) is 0 Å². The van der Waals surface area contributed by atoms with E-state index in [9.17, 15) is 9.59 Å². The molecule has 0 unspecified atom stereocenters. The smallest absolute Gasteiger partial charge is 0.338 e. The first-order chi connectivity index (χ1) is 12.7. The van der Waals surface area contributed by atoms with Crippen LogP contribution in [0.5, 0.6) is 0 Å². The Bertz CT molecular complexity index is 915. The summed E-state index contributed by atoms with van der Waals surface area (Å²) in [5, 5.41) is 7.65. The van der Waals surface area contributed by atoms with Crippen molar-refractivity contribution in [1.82, 2.24) is 10.2 Å². The van der Waals surface area contributed by atoms with Crippen molar-refractivity contribution in [2.24, 2.45) is 0 Å². The topological polar surface area (TPSA) is 98.7 Å². The number of rotatable bonds is 5. The molecule has 0 spiro atoms. The summed E-state index contributed by atoms with van der Waals surface area (Å²) >= 11 is 0. The van der Waals surface area contributed by atoms with E-state index >= 15 is 0 Å². The molecule has 1 aromatic carbocycles. The standard InChI is InChI=1S/C18H15N3O5/c22-16-4-1-9-21(16)13-7-5-12(6-8-13)18(23)25-11-15-19-20-17(26-15)14-3-2-10-24-14/h2-3,5-8,10H,1,4,9,11H2. The summed E-state index contributed by atoms with van der Waals surface area (Å²) in [6.07, 6.45) is 2.92. The molecule has 8 nitrogen and oxygen atoms in total. The Labute approximate surface area is 148 Å². The number of anilines is 1. The predicted molar refractivity (Wildman–Crippen MR) is 89.1 cm³/mol. The molecule has 1 aliphatic heterocycles. The van der Waals surface area contributed by atoms with E-state index in [2.05, 4.69) is 10.2 Å². The maximum Gasteiger partial charge on any atom is 0.338 e. The Morgan fingerprint density at radius 2 is 2.04 bits per heavy atom. The van der Waals surface area contributed by atoms with E-state index in [1.54, 1.807) is 41.3 Å². The van der Waals surface area contributed by atoms with Crippen molar-refractivity contribution in [3.8, 4) is 11.7 Å². The van der Waals surface area contributed by atoms with E-state index in [0.717, 1.165) is 12.1 Å². The Balaban J connectivity index is 1.37. The molecular formula is C18H15N3O5. The first-order valence-corrected chi connectivity index (χ1v) is 8.14. The van der Waals surface area contributed by atoms with Gasteiger partial charge in [-0.3, -0.25) is 4.79 Å². The van der Waals surface area contributed by atoms with E-state index in [1.807, 2.05) is 0 Å². The molecule has 8 heteroatoms. The normalized spacial score (nSPS) is 14.0. The molecule has 1 amide bonds. The SMILES string of the molecule is O=C(OCc1nnc(-c2ccco2)o1)c1ccc(N2CCCC2=O)cc1. The van der Waals surface area contributed by atoms with Crippen molar-refractivity contribution < 1.29 is 23.2 Å². The third-order valence-corrected chi connectivity index (χ3v) is 4.01. The minimum Gasteiger partial charge on any atom is -0.459 e. The molecule has 1 aliphatic rings. The number of hydrogen-bond acceptors (Lipinski definition) is 7. The molecule has 1 saturated heterocycles. The monoisotopic (exact) mass is 353 g/mol. The highest BCUT2D eigenvalue weighted by Crippen LogP contribution is 2.22. The zero-order valence-electron chi connectivity index (χ0n) is 13.8. The second kappa shape index (κ2) is 6.83. The van der Waals surface area contributed by atoms with Crippen LogP contribution >= 0.6 is 0 Å². The molecule has 3 heterocycles. The molecule has 26 heavy (non-hydrogen) atoms.